The summed E-state index contributed by atoms with van der Waals surface area (Å²) in [6, 6.07) is 3.86. The van der Waals surface area contributed by atoms with Crippen molar-refractivity contribution in [3.05, 3.63) is 41.0 Å². The van der Waals surface area contributed by atoms with Gasteiger partial charge in [0, 0.05) is 20.0 Å². The molecule has 2 N–H and O–H groups in total. The van der Waals surface area contributed by atoms with E-state index in [0.29, 0.717) is 5.56 Å². The van der Waals surface area contributed by atoms with E-state index >= 15 is 0 Å². The highest BCUT2D eigenvalue weighted by molar-refractivity contribution is 5.88. The van der Waals surface area contributed by atoms with Gasteiger partial charge in [-0.1, -0.05) is 6.07 Å². The van der Waals surface area contributed by atoms with Crippen LogP contribution in [-0.4, -0.2) is 25.4 Å². The molecule has 0 bridgehead atoms. The van der Waals surface area contributed by atoms with Crippen molar-refractivity contribution in [2.75, 3.05) is 13.6 Å². The minimum Gasteiger partial charge on any atom is -0.359 e. The van der Waals surface area contributed by atoms with Gasteiger partial charge < -0.3 is 10.6 Å². The predicted molar refractivity (Wildman–Crippen MR) is 77.4 cm³/mol. The van der Waals surface area contributed by atoms with E-state index in [1.165, 1.54) is 19.2 Å². The molecule has 0 aliphatic heterocycles. The summed E-state index contributed by atoms with van der Waals surface area (Å²) in [6.45, 7) is 10.4. The fourth-order valence-electron chi connectivity index (χ4n) is 1.77. The average molecular weight is 291 g/mol. The number of carbonyl (C=O) groups excluding carboxylic acids is 2. The molecule has 0 atom stereocenters. The number of carbonyl (C=O) groups is 2. The quantitative estimate of drug-likeness (QED) is 0.814. The lowest BCUT2D eigenvalue weighted by Crippen LogP contribution is -2.41. The lowest BCUT2D eigenvalue weighted by atomic mass is 9.83. The van der Waals surface area contributed by atoms with Gasteiger partial charge in [0.25, 0.3) is 0 Å². The molecule has 0 aromatic heterocycles. The van der Waals surface area contributed by atoms with Gasteiger partial charge in [0.05, 0.1) is 12.0 Å². The third-order valence-electron chi connectivity index (χ3n) is 3.22. The van der Waals surface area contributed by atoms with E-state index in [0.717, 1.165) is 6.07 Å². The first-order valence-corrected chi connectivity index (χ1v) is 6.48. The van der Waals surface area contributed by atoms with Crippen molar-refractivity contribution in [2.45, 2.75) is 25.7 Å². The van der Waals surface area contributed by atoms with E-state index in [4.69, 9.17) is 6.57 Å². The smallest absolute Gasteiger partial charge is 0.230 e. The van der Waals surface area contributed by atoms with Crippen LogP contribution >= 0.6 is 0 Å². The summed E-state index contributed by atoms with van der Waals surface area (Å²) in [4.78, 5) is 26.5. The second kappa shape index (κ2) is 6.84. The Morgan fingerprint density at radius 3 is 2.57 bits per heavy atom. The van der Waals surface area contributed by atoms with Crippen molar-refractivity contribution in [3.8, 4) is 0 Å². The molecule has 1 aromatic carbocycles. The molecule has 0 aliphatic carbocycles. The van der Waals surface area contributed by atoms with Crippen molar-refractivity contribution < 1.29 is 14.0 Å². The topological polar surface area (TPSA) is 62.6 Å². The van der Waals surface area contributed by atoms with Crippen LogP contribution in [0.15, 0.2) is 18.2 Å². The van der Waals surface area contributed by atoms with E-state index in [2.05, 4.69) is 15.5 Å². The van der Waals surface area contributed by atoms with Gasteiger partial charge in [-0.05, 0) is 31.5 Å². The third-order valence-corrected chi connectivity index (χ3v) is 3.22. The molecule has 0 saturated heterocycles. The lowest BCUT2D eigenvalue weighted by molar-refractivity contribution is -0.125. The van der Waals surface area contributed by atoms with Gasteiger partial charge in [0.2, 0.25) is 11.8 Å². The summed E-state index contributed by atoms with van der Waals surface area (Å²) in [6.07, 6.45) is 0.175. The number of halogens is 1. The highest BCUT2D eigenvalue weighted by Gasteiger charge is 2.30. The van der Waals surface area contributed by atoms with E-state index in [9.17, 15) is 14.0 Å². The van der Waals surface area contributed by atoms with E-state index < -0.39 is 11.2 Å². The van der Waals surface area contributed by atoms with Crippen molar-refractivity contribution in [1.82, 2.24) is 10.6 Å². The molecule has 6 heteroatoms. The number of rotatable bonds is 5. The molecular weight excluding hydrogens is 273 g/mol. The van der Waals surface area contributed by atoms with Crippen LogP contribution in [-0.2, 0) is 15.0 Å². The maximum absolute atomic E-state index is 13.5. The van der Waals surface area contributed by atoms with Crippen LogP contribution in [0.25, 0.3) is 4.85 Å². The summed E-state index contributed by atoms with van der Waals surface area (Å²) >= 11 is 0. The van der Waals surface area contributed by atoms with Crippen LogP contribution < -0.4 is 10.6 Å². The molecular formula is C15H18FN3O2. The molecule has 1 rings (SSSR count). The molecule has 0 radical (unpaired) electrons. The molecule has 5 nitrogen and oxygen atoms in total. The third kappa shape index (κ3) is 4.28. The predicted octanol–water partition coefficient (Wildman–Crippen LogP) is 1.91. The Morgan fingerprint density at radius 1 is 1.33 bits per heavy atom. The zero-order valence-electron chi connectivity index (χ0n) is 12.3. The van der Waals surface area contributed by atoms with E-state index in [1.54, 1.807) is 13.8 Å². The monoisotopic (exact) mass is 291 g/mol. The SMILES string of the molecule is [C-]#[N+]c1cc(F)cc(C(C)(C)C(=O)NCCC(=O)NC)c1. The second-order valence-corrected chi connectivity index (χ2v) is 5.11. The van der Waals surface area contributed by atoms with Crippen LogP contribution in [0.3, 0.4) is 0 Å². The molecule has 2 amide bonds. The number of benzene rings is 1. The summed E-state index contributed by atoms with van der Waals surface area (Å²) in [5, 5.41) is 5.10. The fourth-order valence-corrected chi connectivity index (χ4v) is 1.77. The Bertz CT molecular complexity index is 591. The van der Waals surface area contributed by atoms with E-state index in [1.807, 2.05) is 0 Å². The van der Waals surface area contributed by atoms with Crippen molar-refractivity contribution >= 4 is 17.5 Å². The van der Waals surface area contributed by atoms with Gasteiger partial charge in [0.1, 0.15) is 5.82 Å². The molecule has 0 unspecified atom stereocenters. The maximum Gasteiger partial charge on any atom is 0.230 e. The van der Waals surface area contributed by atoms with Crippen LogP contribution in [0.2, 0.25) is 0 Å². The number of nitrogens with zero attached hydrogens (tertiary/aromatic N) is 1. The maximum atomic E-state index is 13.5. The molecule has 0 fully saturated rings. The normalized spacial score (nSPS) is 10.6. The fraction of sp³-hybridized carbons (Fsp3) is 0.400. The number of nitrogens with one attached hydrogen (secondary N) is 2. The molecule has 1 aromatic rings. The number of hydrogen-bond acceptors (Lipinski definition) is 2. The van der Waals surface area contributed by atoms with Gasteiger partial charge in [-0.2, -0.15) is 0 Å². The Balaban J connectivity index is 2.85. The number of amides is 2. The first kappa shape index (κ1) is 16.6. The second-order valence-electron chi connectivity index (χ2n) is 5.11. The van der Waals surface area contributed by atoms with Gasteiger partial charge in [-0.15, -0.1) is 0 Å². The minimum absolute atomic E-state index is 0.149. The van der Waals surface area contributed by atoms with Crippen LogP contribution in [0.5, 0.6) is 0 Å². The Kier molecular flexibility index (Phi) is 5.42. The van der Waals surface area contributed by atoms with Crippen molar-refractivity contribution in [3.63, 3.8) is 0 Å². The van der Waals surface area contributed by atoms with Gasteiger partial charge in [-0.3, -0.25) is 9.59 Å². The largest absolute Gasteiger partial charge is 0.359 e. The minimum atomic E-state index is -0.996. The van der Waals surface area contributed by atoms with E-state index in [-0.39, 0.29) is 30.5 Å². The lowest BCUT2D eigenvalue weighted by Gasteiger charge is -2.24. The zero-order valence-corrected chi connectivity index (χ0v) is 12.3. The van der Waals surface area contributed by atoms with Crippen LogP contribution in [0, 0.1) is 12.4 Å². The molecule has 0 aliphatic rings. The standard InChI is InChI=1S/C15H18FN3O2/c1-15(2,14(21)19-6-5-13(20)18-4)10-7-11(16)9-12(8-10)17-3/h7-9H,5-6H2,1-2,4H3,(H,18,20)(H,19,21). The van der Waals surface area contributed by atoms with Gasteiger partial charge >= 0.3 is 0 Å². The Hall–Kier alpha value is -2.42. The first-order chi connectivity index (χ1) is 9.81. The van der Waals surface area contributed by atoms with Crippen LogP contribution in [0.1, 0.15) is 25.8 Å². The van der Waals surface area contributed by atoms with Crippen LogP contribution in [0.4, 0.5) is 10.1 Å². The molecule has 112 valence electrons. The highest BCUT2D eigenvalue weighted by atomic mass is 19.1. The summed E-state index contributed by atoms with van der Waals surface area (Å²) < 4.78 is 13.5. The average Bonchev–Trinajstić information content (AvgIpc) is 2.45. The first-order valence-electron chi connectivity index (χ1n) is 6.48. The summed E-state index contributed by atoms with van der Waals surface area (Å²) in [5.41, 5.74) is -0.424. The van der Waals surface area contributed by atoms with Gasteiger partial charge in [0.15, 0.2) is 5.69 Å². The van der Waals surface area contributed by atoms with Gasteiger partial charge in [-0.25, -0.2) is 9.24 Å². The summed E-state index contributed by atoms with van der Waals surface area (Å²) in [5.74, 6) is -1.05. The highest BCUT2D eigenvalue weighted by Crippen LogP contribution is 2.28. The molecule has 0 spiro atoms. The number of hydrogen-bond donors (Lipinski definition) is 2. The van der Waals surface area contributed by atoms with Crippen molar-refractivity contribution in [2.24, 2.45) is 0 Å². The Labute approximate surface area is 123 Å². The van der Waals surface area contributed by atoms with Crippen molar-refractivity contribution in [1.29, 1.82) is 0 Å². The summed E-state index contributed by atoms with van der Waals surface area (Å²) in [7, 11) is 1.52. The zero-order chi connectivity index (χ0) is 16.0. The molecule has 21 heavy (non-hydrogen) atoms. The molecule has 0 heterocycles. The Morgan fingerprint density at radius 2 is 2.00 bits per heavy atom. The molecule has 0 saturated carbocycles.